The molecule has 4 saturated heterocycles. The van der Waals surface area contributed by atoms with Crippen LogP contribution in [-0.2, 0) is 16.1 Å². The fourth-order valence-corrected chi connectivity index (χ4v) is 4.75. The number of fused-ring (bicyclic) bond motifs is 4. The van der Waals surface area contributed by atoms with Gasteiger partial charge in [-0.15, -0.1) is 0 Å². The maximum Gasteiger partial charge on any atom is 0.328 e. The van der Waals surface area contributed by atoms with Gasteiger partial charge in [-0.05, 0) is 31.6 Å². The van der Waals surface area contributed by atoms with Crippen LogP contribution in [0.25, 0.3) is 0 Å². The minimum absolute atomic E-state index is 0.108. The lowest BCUT2D eigenvalue weighted by molar-refractivity contribution is -0.135. The number of piperidine rings is 1. The molecule has 1 aromatic heterocycles. The zero-order valence-electron chi connectivity index (χ0n) is 15.6. The third kappa shape index (κ3) is 4.16. The van der Waals surface area contributed by atoms with Crippen molar-refractivity contribution >= 4 is 5.91 Å². The van der Waals surface area contributed by atoms with E-state index in [4.69, 9.17) is 4.74 Å². The van der Waals surface area contributed by atoms with Crippen molar-refractivity contribution in [2.75, 3.05) is 32.8 Å². The molecule has 0 radical (unpaired) electrons. The summed E-state index contributed by atoms with van der Waals surface area (Å²) in [5.41, 5.74) is -0.876. The molecular formula is C19H28N4O4. The number of carbonyl (C=O) groups excluding carboxylic acids is 1. The maximum atomic E-state index is 12.9. The molecule has 0 aromatic carbocycles. The summed E-state index contributed by atoms with van der Waals surface area (Å²) in [5, 5.41) is 0. The normalized spacial score (nSPS) is 26.9. The third-order valence-corrected chi connectivity index (χ3v) is 6.23. The van der Waals surface area contributed by atoms with Gasteiger partial charge in [0, 0.05) is 70.2 Å². The molecule has 4 fully saturated rings. The number of aryl methyl sites for hydroxylation is 1. The van der Waals surface area contributed by atoms with Gasteiger partial charge in [0.25, 0.3) is 5.56 Å². The fraction of sp³-hybridized carbons (Fsp3) is 0.737. The molecule has 4 aliphatic heterocycles. The highest BCUT2D eigenvalue weighted by atomic mass is 16.5. The van der Waals surface area contributed by atoms with E-state index in [1.54, 1.807) is 0 Å². The lowest BCUT2D eigenvalue weighted by atomic mass is 9.94. The Morgan fingerprint density at radius 1 is 1.07 bits per heavy atom. The van der Waals surface area contributed by atoms with Crippen LogP contribution in [0.4, 0.5) is 0 Å². The summed E-state index contributed by atoms with van der Waals surface area (Å²) in [6, 6.07) is 2.16. The van der Waals surface area contributed by atoms with E-state index in [-0.39, 0.29) is 18.4 Å². The van der Waals surface area contributed by atoms with Gasteiger partial charge in [0.15, 0.2) is 0 Å². The Bertz CT molecular complexity index is 782. The highest BCUT2D eigenvalue weighted by Crippen LogP contribution is 2.31. The summed E-state index contributed by atoms with van der Waals surface area (Å²) >= 11 is 0. The summed E-state index contributed by atoms with van der Waals surface area (Å²) in [4.78, 5) is 42.7. The van der Waals surface area contributed by atoms with Gasteiger partial charge in [-0.2, -0.15) is 0 Å². The molecule has 0 spiro atoms. The van der Waals surface area contributed by atoms with Crippen molar-refractivity contribution in [1.82, 2.24) is 19.4 Å². The number of ether oxygens (including phenoxy) is 1. The van der Waals surface area contributed by atoms with E-state index >= 15 is 0 Å². The Hall–Kier alpha value is -1.93. The van der Waals surface area contributed by atoms with Crippen molar-refractivity contribution in [2.45, 2.75) is 50.7 Å². The number of hydrogen-bond donors (Lipinski definition) is 1. The van der Waals surface area contributed by atoms with Crippen LogP contribution in [-0.4, -0.2) is 70.2 Å². The van der Waals surface area contributed by atoms with Gasteiger partial charge in [0.05, 0.1) is 0 Å². The van der Waals surface area contributed by atoms with E-state index in [2.05, 4.69) is 9.88 Å². The molecule has 148 valence electrons. The van der Waals surface area contributed by atoms with Crippen LogP contribution in [0.1, 0.15) is 32.1 Å². The van der Waals surface area contributed by atoms with Gasteiger partial charge in [-0.25, -0.2) is 4.79 Å². The van der Waals surface area contributed by atoms with Crippen LogP contribution in [0.2, 0.25) is 0 Å². The van der Waals surface area contributed by atoms with Gasteiger partial charge >= 0.3 is 5.69 Å². The Balaban J connectivity index is 1.39. The predicted molar refractivity (Wildman–Crippen MR) is 99.6 cm³/mol. The third-order valence-electron chi connectivity index (χ3n) is 6.23. The first-order valence-electron chi connectivity index (χ1n) is 10.0. The topological polar surface area (TPSA) is 87.6 Å². The molecule has 0 unspecified atom stereocenters. The van der Waals surface area contributed by atoms with Gasteiger partial charge in [0.2, 0.25) is 5.91 Å². The predicted octanol–water partition coefficient (Wildman–Crippen LogP) is 0.0285. The number of carbonyl (C=O) groups is 1. The molecule has 4 aliphatic rings. The molecule has 2 atom stereocenters. The quantitative estimate of drug-likeness (QED) is 0.801. The number of rotatable bonds is 4. The summed E-state index contributed by atoms with van der Waals surface area (Å²) in [6.07, 6.45) is 6.16. The molecule has 1 aromatic rings. The number of aromatic nitrogens is 2. The monoisotopic (exact) mass is 376 g/mol. The number of nitrogens with zero attached hydrogens (tertiary/aromatic N) is 3. The van der Waals surface area contributed by atoms with Crippen LogP contribution < -0.4 is 11.2 Å². The minimum atomic E-state index is -0.460. The molecule has 27 heavy (non-hydrogen) atoms. The zero-order valence-corrected chi connectivity index (χ0v) is 15.6. The van der Waals surface area contributed by atoms with E-state index in [0.29, 0.717) is 18.5 Å². The molecule has 5 rings (SSSR count). The second-order valence-corrected chi connectivity index (χ2v) is 7.99. The lowest BCUT2D eigenvalue weighted by Crippen LogP contribution is -2.48. The molecule has 1 amide bonds. The van der Waals surface area contributed by atoms with Crippen LogP contribution in [0.5, 0.6) is 0 Å². The largest absolute Gasteiger partial charge is 0.381 e. The van der Waals surface area contributed by atoms with Gasteiger partial charge in [0.1, 0.15) is 0 Å². The average molecular weight is 376 g/mol. The summed E-state index contributed by atoms with van der Waals surface area (Å²) in [5.74, 6) is 0.642. The van der Waals surface area contributed by atoms with Crippen LogP contribution in [0.3, 0.4) is 0 Å². The van der Waals surface area contributed by atoms with E-state index in [9.17, 15) is 14.4 Å². The van der Waals surface area contributed by atoms with Crippen LogP contribution >= 0.6 is 0 Å². The minimum Gasteiger partial charge on any atom is -0.381 e. The first kappa shape index (κ1) is 18.4. The van der Waals surface area contributed by atoms with Gasteiger partial charge in [-0.3, -0.25) is 19.5 Å². The molecule has 5 heterocycles. The number of hydrogen-bond acceptors (Lipinski definition) is 5. The van der Waals surface area contributed by atoms with Crippen molar-refractivity contribution < 1.29 is 9.53 Å². The Kier molecular flexibility index (Phi) is 5.45. The standard InChI is InChI=1S/C19H28N4O4/c24-17-3-7-21(19(26)20-17)8-4-18(25)23-12-14-1-2-16(23)13-22(11-14)15-5-9-27-10-6-15/h3,7,14-16H,1-2,4-6,8-13H2,(H,20,24,26)/t14-,16+/m0/s1. The summed E-state index contributed by atoms with van der Waals surface area (Å²) in [6.45, 7) is 4.83. The molecule has 0 aliphatic carbocycles. The highest BCUT2D eigenvalue weighted by Gasteiger charge is 2.39. The lowest BCUT2D eigenvalue weighted by Gasteiger charge is -2.37. The smallest absolute Gasteiger partial charge is 0.328 e. The molecule has 8 nitrogen and oxygen atoms in total. The summed E-state index contributed by atoms with van der Waals surface area (Å²) in [7, 11) is 0. The SMILES string of the molecule is O=C(CCn1ccc(=O)[nH]c1=O)N1C[C@H]2CC[C@@H]1CN(C1CCOCC1)C2. The first-order valence-corrected chi connectivity index (χ1v) is 10.0. The number of H-pyrrole nitrogens is 1. The summed E-state index contributed by atoms with van der Waals surface area (Å²) < 4.78 is 6.89. The molecular weight excluding hydrogens is 348 g/mol. The van der Waals surface area contributed by atoms with Gasteiger partial charge in [-0.1, -0.05) is 0 Å². The Morgan fingerprint density at radius 3 is 2.67 bits per heavy atom. The van der Waals surface area contributed by atoms with Crippen molar-refractivity contribution in [1.29, 1.82) is 0 Å². The van der Waals surface area contributed by atoms with Gasteiger partial charge < -0.3 is 14.2 Å². The second-order valence-electron chi connectivity index (χ2n) is 7.99. The highest BCUT2D eigenvalue weighted by molar-refractivity contribution is 5.76. The average Bonchev–Trinajstić information content (AvgIpc) is 3.00. The molecule has 2 bridgehead atoms. The number of amides is 1. The van der Waals surface area contributed by atoms with Crippen molar-refractivity contribution in [3.63, 3.8) is 0 Å². The van der Waals surface area contributed by atoms with E-state index < -0.39 is 11.2 Å². The molecule has 1 N–H and O–H groups in total. The second kappa shape index (κ2) is 7.98. The van der Waals surface area contributed by atoms with Crippen molar-refractivity contribution in [3.05, 3.63) is 33.1 Å². The van der Waals surface area contributed by atoms with Crippen LogP contribution in [0.15, 0.2) is 21.9 Å². The molecule has 8 heteroatoms. The first-order chi connectivity index (χ1) is 13.1. The van der Waals surface area contributed by atoms with E-state index in [1.165, 1.54) is 23.3 Å². The molecule has 0 saturated carbocycles. The van der Waals surface area contributed by atoms with Crippen molar-refractivity contribution in [3.8, 4) is 0 Å². The van der Waals surface area contributed by atoms with E-state index in [0.717, 1.165) is 52.1 Å². The zero-order chi connectivity index (χ0) is 18.8. The maximum absolute atomic E-state index is 12.9. The van der Waals surface area contributed by atoms with Crippen LogP contribution in [0, 0.1) is 5.92 Å². The van der Waals surface area contributed by atoms with E-state index in [1.807, 2.05) is 4.90 Å². The number of aromatic amines is 1. The fourth-order valence-electron chi connectivity index (χ4n) is 4.75. The number of nitrogens with one attached hydrogen (secondary N) is 1. The van der Waals surface area contributed by atoms with Crippen molar-refractivity contribution in [2.24, 2.45) is 5.92 Å². The Labute approximate surface area is 158 Å². The Morgan fingerprint density at radius 2 is 1.89 bits per heavy atom.